The minimum atomic E-state index is -0.228. The average Bonchev–Trinajstić information content (AvgIpc) is 3.48. The largest absolute Gasteiger partial charge is 0.475 e. The Hall–Kier alpha value is -4.12. The van der Waals surface area contributed by atoms with Crippen LogP contribution in [0.15, 0.2) is 77.9 Å². The maximum atomic E-state index is 6.63. The smallest absolute Gasteiger partial charge is 0.216 e. The fourth-order valence-corrected chi connectivity index (χ4v) is 5.79. The summed E-state index contributed by atoms with van der Waals surface area (Å²) in [6.45, 7) is 22.6. The van der Waals surface area contributed by atoms with Crippen molar-refractivity contribution < 1.29 is 9.47 Å². The molecule has 0 spiro atoms. The molecule has 1 aliphatic heterocycles. The Morgan fingerprint density at radius 1 is 0.773 bits per heavy atom. The molecule has 0 bridgehead atoms. The number of aliphatic imine (C=N–C) groups is 1. The molecule has 0 N–H and O–H groups in total. The molecule has 0 amide bonds. The van der Waals surface area contributed by atoms with Crippen LogP contribution < -0.4 is 4.74 Å². The lowest BCUT2D eigenvalue weighted by molar-refractivity contribution is 0.279. The summed E-state index contributed by atoms with van der Waals surface area (Å²) in [5.74, 6) is 3.45. The summed E-state index contributed by atoms with van der Waals surface area (Å²) < 4.78 is 14.9. The zero-order valence-electron chi connectivity index (χ0n) is 27.9. The van der Waals surface area contributed by atoms with Gasteiger partial charge in [0, 0.05) is 28.6 Å². The highest BCUT2D eigenvalue weighted by molar-refractivity contribution is 6.09. The molecule has 0 unspecified atom stereocenters. The van der Waals surface area contributed by atoms with Crippen LogP contribution >= 0.6 is 0 Å². The Bertz CT molecular complexity index is 1910. The summed E-state index contributed by atoms with van der Waals surface area (Å²) in [5, 5.41) is 2.39. The number of nitrogens with zero attached hydrogens (tertiary/aromatic N) is 3. The van der Waals surface area contributed by atoms with Crippen LogP contribution in [0, 0.1) is 0 Å². The van der Waals surface area contributed by atoms with Gasteiger partial charge in [-0.15, -0.1) is 0 Å². The highest BCUT2D eigenvalue weighted by Gasteiger charge is 2.28. The van der Waals surface area contributed by atoms with Gasteiger partial charge in [-0.2, -0.15) is 0 Å². The number of aromatic nitrogens is 2. The Labute approximate surface area is 262 Å². The third-order valence-electron chi connectivity index (χ3n) is 8.49. The lowest BCUT2D eigenvalue weighted by Crippen LogP contribution is -2.17. The second kappa shape index (κ2) is 10.5. The summed E-state index contributed by atoms with van der Waals surface area (Å²) >= 11 is 0. The standard InChI is InChI=1S/C39H45N3O2/c1-24(2)25-17-26(36-41-39(9,10)23-43-36)19-30(18-25)44-29-12-13-31-32-20-27(37(3,4)5)11-14-33(32)42(34(31)22-29)35-21-28(15-16-40-35)38(6,7)8/h11-22,24H,23H2,1-10H3. The zero-order chi connectivity index (χ0) is 31.6. The first-order valence-electron chi connectivity index (χ1n) is 15.7. The van der Waals surface area contributed by atoms with E-state index >= 15 is 0 Å². The Morgan fingerprint density at radius 3 is 2.16 bits per heavy atom. The molecule has 1 aliphatic rings. The number of benzene rings is 3. The van der Waals surface area contributed by atoms with E-state index in [0.29, 0.717) is 18.4 Å². The molecule has 0 saturated carbocycles. The lowest BCUT2D eigenvalue weighted by atomic mass is 9.86. The molecule has 0 aliphatic carbocycles. The van der Waals surface area contributed by atoms with Gasteiger partial charge in [-0.05, 0) is 102 Å². The Balaban J connectivity index is 1.51. The molecule has 2 aromatic heterocycles. The average molecular weight is 588 g/mol. The van der Waals surface area contributed by atoms with Gasteiger partial charge in [0.05, 0.1) is 16.6 Å². The molecule has 0 saturated heterocycles. The third kappa shape index (κ3) is 5.72. The quantitative estimate of drug-likeness (QED) is 0.206. The van der Waals surface area contributed by atoms with E-state index < -0.39 is 0 Å². The molecule has 0 atom stereocenters. The van der Waals surface area contributed by atoms with Crippen molar-refractivity contribution in [1.29, 1.82) is 0 Å². The van der Waals surface area contributed by atoms with E-state index in [9.17, 15) is 0 Å². The van der Waals surface area contributed by atoms with Crippen LogP contribution in [-0.4, -0.2) is 27.6 Å². The zero-order valence-corrected chi connectivity index (χ0v) is 27.9. The third-order valence-corrected chi connectivity index (χ3v) is 8.49. The van der Waals surface area contributed by atoms with Gasteiger partial charge in [0.1, 0.15) is 23.9 Å². The van der Waals surface area contributed by atoms with Gasteiger partial charge in [0.2, 0.25) is 5.90 Å². The van der Waals surface area contributed by atoms with Crippen LogP contribution in [0.2, 0.25) is 0 Å². The molecule has 3 aromatic carbocycles. The number of rotatable bonds is 5. The number of fused-ring (bicyclic) bond motifs is 3. The van der Waals surface area contributed by atoms with Crippen LogP contribution in [0.3, 0.4) is 0 Å². The van der Waals surface area contributed by atoms with E-state index in [4.69, 9.17) is 19.5 Å². The summed E-state index contributed by atoms with van der Waals surface area (Å²) in [6.07, 6.45) is 1.92. The highest BCUT2D eigenvalue weighted by Crippen LogP contribution is 2.38. The summed E-state index contributed by atoms with van der Waals surface area (Å²) in [7, 11) is 0. The van der Waals surface area contributed by atoms with Crippen molar-refractivity contribution in [2.24, 2.45) is 4.99 Å². The van der Waals surface area contributed by atoms with Gasteiger partial charge in [0.15, 0.2) is 0 Å². The van der Waals surface area contributed by atoms with E-state index in [-0.39, 0.29) is 16.4 Å². The van der Waals surface area contributed by atoms with Gasteiger partial charge in [-0.3, -0.25) is 4.57 Å². The molecule has 228 valence electrons. The monoisotopic (exact) mass is 587 g/mol. The summed E-state index contributed by atoms with van der Waals surface area (Å²) in [4.78, 5) is 9.70. The van der Waals surface area contributed by atoms with Crippen molar-refractivity contribution in [1.82, 2.24) is 9.55 Å². The fourth-order valence-electron chi connectivity index (χ4n) is 5.79. The Kier molecular flexibility index (Phi) is 7.14. The normalized spacial score (nSPS) is 15.2. The van der Waals surface area contributed by atoms with Crippen LogP contribution in [0.5, 0.6) is 11.5 Å². The molecule has 5 aromatic rings. The van der Waals surface area contributed by atoms with Crippen molar-refractivity contribution in [3.05, 3.63) is 95.2 Å². The lowest BCUT2D eigenvalue weighted by Gasteiger charge is -2.20. The fraction of sp³-hybridized carbons (Fsp3) is 0.385. The number of hydrogen-bond acceptors (Lipinski definition) is 4. The first-order valence-corrected chi connectivity index (χ1v) is 15.7. The topological polar surface area (TPSA) is 48.6 Å². The van der Waals surface area contributed by atoms with Crippen LogP contribution in [0.1, 0.15) is 97.4 Å². The highest BCUT2D eigenvalue weighted by atomic mass is 16.5. The first kappa shape index (κ1) is 29.9. The Morgan fingerprint density at radius 2 is 1.50 bits per heavy atom. The van der Waals surface area contributed by atoms with Crippen LogP contribution in [0.25, 0.3) is 27.6 Å². The predicted molar refractivity (Wildman–Crippen MR) is 183 cm³/mol. The molecule has 5 nitrogen and oxygen atoms in total. The molecular formula is C39H45N3O2. The molecule has 44 heavy (non-hydrogen) atoms. The summed E-state index contributed by atoms with van der Waals surface area (Å²) in [5.41, 5.74) is 6.69. The predicted octanol–water partition coefficient (Wildman–Crippen LogP) is 10.2. The van der Waals surface area contributed by atoms with Crippen molar-refractivity contribution >= 4 is 27.7 Å². The first-order chi connectivity index (χ1) is 20.6. The van der Waals surface area contributed by atoms with Crippen molar-refractivity contribution in [2.45, 2.75) is 91.5 Å². The molecule has 0 radical (unpaired) electrons. The number of pyridine rings is 1. The molecule has 6 rings (SSSR count). The molecular weight excluding hydrogens is 542 g/mol. The van der Waals surface area contributed by atoms with E-state index in [1.165, 1.54) is 27.5 Å². The summed E-state index contributed by atoms with van der Waals surface area (Å²) in [6, 6.07) is 23.9. The second-order valence-corrected chi connectivity index (χ2v) is 15.2. The van der Waals surface area contributed by atoms with Gasteiger partial charge in [-0.1, -0.05) is 61.5 Å². The maximum absolute atomic E-state index is 6.63. The maximum Gasteiger partial charge on any atom is 0.216 e. The van der Waals surface area contributed by atoms with Crippen LogP contribution in [0.4, 0.5) is 0 Å². The van der Waals surface area contributed by atoms with Gasteiger partial charge < -0.3 is 9.47 Å². The van der Waals surface area contributed by atoms with Gasteiger partial charge in [-0.25, -0.2) is 9.98 Å². The minimum Gasteiger partial charge on any atom is -0.475 e. The van der Waals surface area contributed by atoms with Crippen LogP contribution in [-0.2, 0) is 15.6 Å². The minimum absolute atomic E-state index is 0.00576. The number of ether oxygens (including phenoxy) is 2. The van der Waals surface area contributed by atoms with E-state index in [0.717, 1.165) is 33.9 Å². The number of hydrogen-bond donors (Lipinski definition) is 0. The van der Waals surface area contributed by atoms with Crippen molar-refractivity contribution in [2.75, 3.05) is 6.61 Å². The molecule has 0 fully saturated rings. The molecule has 3 heterocycles. The van der Waals surface area contributed by atoms with Gasteiger partial charge in [0.25, 0.3) is 0 Å². The SMILES string of the molecule is CC(C)c1cc(Oc2ccc3c4cc(C(C)(C)C)ccc4n(-c4cc(C(C)(C)C)ccn4)c3c2)cc(C2=NC(C)(C)CO2)c1. The molecule has 5 heteroatoms. The van der Waals surface area contributed by atoms with E-state index in [1.54, 1.807) is 0 Å². The van der Waals surface area contributed by atoms with E-state index in [1.807, 2.05) is 12.3 Å². The van der Waals surface area contributed by atoms with E-state index in [2.05, 4.69) is 134 Å². The second-order valence-electron chi connectivity index (χ2n) is 15.2. The van der Waals surface area contributed by atoms with Gasteiger partial charge >= 0.3 is 0 Å². The van der Waals surface area contributed by atoms with Crippen molar-refractivity contribution in [3.8, 4) is 17.3 Å². The van der Waals surface area contributed by atoms with Crippen molar-refractivity contribution in [3.63, 3.8) is 0 Å².